The molecule has 2 aromatic heterocycles. The number of nitrogens with two attached hydrogens (primary N) is 1. The predicted molar refractivity (Wildman–Crippen MR) is 103 cm³/mol. The Hall–Kier alpha value is -3.42. The number of primary amides is 1. The van der Waals surface area contributed by atoms with Gasteiger partial charge < -0.3 is 15.2 Å². The van der Waals surface area contributed by atoms with Gasteiger partial charge in [-0.05, 0) is 31.0 Å². The van der Waals surface area contributed by atoms with Crippen LogP contribution in [0.5, 0.6) is 0 Å². The molecule has 0 radical (unpaired) electrons. The van der Waals surface area contributed by atoms with Gasteiger partial charge >= 0.3 is 0 Å². The van der Waals surface area contributed by atoms with Crippen molar-refractivity contribution in [1.82, 2.24) is 24.2 Å². The van der Waals surface area contributed by atoms with Crippen LogP contribution >= 0.6 is 0 Å². The Bertz CT molecular complexity index is 978. The normalized spacial score (nSPS) is 16.9. The van der Waals surface area contributed by atoms with Crippen LogP contribution in [0.15, 0.2) is 55.1 Å². The maximum absolute atomic E-state index is 13.3. The Kier molecular flexibility index (Phi) is 4.92. The smallest absolute Gasteiger partial charge is 0.256 e. The van der Waals surface area contributed by atoms with Gasteiger partial charge in [0.05, 0.1) is 11.3 Å². The molecule has 8 heteroatoms. The minimum Gasteiger partial charge on any atom is -0.368 e. The third-order valence-electron chi connectivity index (χ3n) is 5.03. The summed E-state index contributed by atoms with van der Waals surface area (Å²) >= 11 is 0. The number of hydrogen-bond acceptors (Lipinski definition) is 4. The summed E-state index contributed by atoms with van der Waals surface area (Å²) in [5.74, 6) is 0.445. The SMILES string of the molecule is NC(=O)Cn1ccnc1[C@@H]1CCCN(C(=O)c2ccccc2-n2cccn2)C1. The summed E-state index contributed by atoms with van der Waals surface area (Å²) in [6, 6.07) is 9.31. The van der Waals surface area contributed by atoms with Gasteiger partial charge in [-0.1, -0.05) is 12.1 Å². The van der Waals surface area contributed by atoms with Crippen LogP contribution in [0.25, 0.3) is 5.69 Å². The summed E-state index contributed by atoms with van der Waals surface area (Å²) < 4.78 is 3.48. The third kappa shape index (κ3) is 3.53. The maximum atomic E-state index is 13.3. The molecule has 0 unspecified atom stereocenters. The highest BCUT2D eigenvalue weighted by Gasteiger charge is 2.29. The summed E-state index contributed by atoms with van der Waals surface area (Å²) in [7, 11) is 0. The van der Waals surface area contributed by atoms with Crippen molar-refractivity contribution in [2.24, 2.45) is 5.73 Å². The summed E-state index contributed by atoms with van der Waals surface area (Å²) in [5.41, 5.74) is 6.71. The first-order valence-corrected chi connectivity index (χ1v) is 9.31. The number of rotatable bonds is 5. The van der Waals surface area contributed by atoms with Gasteiger partial charge in [0.15, 0.2) is 0 Å². The van der Waals surface area contributed by atoms with Crippen LogP contribution in [0.2, 0.25) is 0 Å². The van der Waals surface area contributed by atoms with Crippen molar-refractivity contribution >= 4 is 11.8 Å². The van der Waals surface area contributed by atoms with E-state index in [9.17, 15) is 9.59 Å². The third-order valence-corrected chi connectivity index (χ3v) is 5.03. The number of para-hydroxylation sites is 1. The molecule has 1 atom stereocenters. The topological polar surface area (TPSA) is 99.0 Å². The van der Waals surface area contributed by atoms with Gasteiger partial charge in [-0.15, -0.1) is 0 Å². The number of piperidine rings is 1. The van der Waals surface area contributed by atoms with Gasteiger partial charge in [-0.2, -0.15) is 5.10 Å². The molecule has 3 heterocycles. The zero-order valence-corrected chi connectivity index (χ0v) is 15.4. The average molecular weight is 378 g/mol. The van der Waals surface area contributed by atoms with Crippen molar-refractivity contribution in [3.63, 3.8) is 0 Å². The lowest BCUT2D eigenvalue weighted by atomic mass is 9.96. The van der Waals surface area contributed by atoms with E-state index in [1.165, 1.54) is 0 Å². The molecule has 144 valence electrons. The molecule has 0 aliphatic carbocycles. The lowest BCUT2D eigenvalue weighted by Crippen LogP contribution is -2.40. The predicted octanol–water partition coefficient (Wildman–Crippen LogP) is 1.57. The van der Waals surface area contributed by atoms with Crippen molar-refractivity contribution in [2.75, 3.05) is 13.1 Å². The highest BCUT2D eigenvalue weighted by molar-refractivity contribution is 5.97. The monoisotopic (exact) mass is 378 g/mol. The van der Waals surface area contributed by atoms with E-state index >= 15 is 0 Å². The fraction of sp³-hybridized carbons (Fsp3) is 0.300. The quantitative estimate of drug-likeness (QED) is 0.728. The molecule has 4 rings (SSSR count). The van der Waals surface area contributed by atoms with Crippen molar-refractivity contribution in [2.45, 2.75) is 25.3 Å². The van der Waals surface area contributed by atoms with Gasteiger partial charge in [0, 0.05) is 43.8 Å². The Morgan fingerprint density at radius 2 is 2.00 bits per heavy atom. The van der Waals surface area contributed by atoms with Crippen molar-refractivity contribution in [3.05, 3.63) is 66.5 Å². The molecule has 2 N–H and O–H groups in total. The number of aromatic nitrogens is 4. The minimum atomic E-state index is -0.406. The van der Waals surface area contributed by atoms with Gasteiger partial charge in [-0.25, -0.2) is 9.67 Å². The molecule has 1 saturated heterocycles. The van der Waals surface area contributed by atoms with Gasteiger partial charge in [-0.3, -0.25) is 9.59 Å². The Morgan fingerprint density at radius 3 is 2.79 bits per heavy atom. The first-order valence-electron chi connectivity index (χ1n) is 9.31. The largest absolute Gasteiger partial charge is 0.368 e. The van der Waals surface area contributed by atoms with Crippen LogP contribution in [-0.4, -0.2) is 49.1 Å². The molecule has 28 heavy (non-hydrogen) atoms. The molecule has 1 aliphatic heterocycles. The zero-order valence-electron chi connectivity index (χ0n) is 15.4. The second-order valence-electron chi connectivity index (χ2n) is 6.94. The van der Waals surface area contributed by atoms with Crippen LogP contribution < -0.4 is 5.73 Å². The number of carbonyl (C=O) groups is 2. The van der Waals surface area contributed by atoms with Crippen LogP contribution in [0, 0.1) is 0 Å². The van der Waals surface area contributed by atoms with E-state index in [-0.39, 0.29) is 18.4 Å². The second-order valence-corrected chi connectivity index (χ2v) is 6.94. The number of carbonyl (C=O) groups excluding carboxylic acids is 2. The fourth-order valence-electron chi connectivity index (χ4n) is 3.79. The first-order chi connectivity index (χ1) is 13.6. The molecule has 2 amide bonds. The zero-order chi connectivity index (χ0) is 19.5. The van der Waals surface area contributed by atoms with Crippen molar-refractivity contribution in [3.8, 4) is 5.69 Å². The van der Waals surface area contributed by atoms with Crippen LogP contribution in [0.3, 0.4) is 0 Å². The molecular weight excluding hydrogens is 356 g/mol. The van der Waals surface area contributed by atoms with E-state index in [4.69, 9.17) is 5.73 Å². The number of benzene rings is 1. The summed E-state index contributed by atoms with van der Waals surface area (Å²) in [6.07, 6.45) is 8.74. The summed E-state index contributed by atoms with van der Waals surface area (Å²) in [5, 5.41) is 4.26. The highest BCUT2D eigenvalue weighted by atomic mass is 16.2. The Balaban J connectivity index is 1.57. The van der Waals surface area contributed by atoms with E-state index in [0.29, 0.717) is 18.7 Å². The molecule has 8 nitrogen and oxygen atoms in total. The number of amides is 2. The summed E-state index contributed by atoms with van der Waals surface area (Å²) in [6.45, 7) is 1.35. The maximum Gasteiger partial charge on any atom is 0.256 e. The fourth-order valence-corrected chi connectivity index (χ4v) is 3.79. The standard InChI is InChI=1S/C20H22N6O2/c21-18(27)14-24-12-9-22-19(24)15-5-3-10-25(13-15)20(28)16-6-1-2-7-17(16)26-11-4-8-23-26/h1-2,4,6-9,11-12,15H,3,5,10,13-14H2,(H2,21,27)/t15-/m1/s1. The van der Waals surface area contributed by atoms with Gasteiger partial charge in [0.25, 0.3) is 5.91 Å². The molecule has 3 aromatic rings. The van der Waals surface area contributed by atoms with Crippen LogP contribution in [0.4, 0.5) is 0 Å². The Morgan fingerprint density at radius 1 is 1.14 bits per heavy atom. The van der Waals surface area contributed by atoms with E-state index in [1.807, 2.05) is 41.4 Å². The van der Waals surface area contributed by atoms with Crippen LogP contribution in [0.1, 0.15) is 34.9 Å². The van der Waals surface area contributed by atoms with E-state index in [1.54, 1.807) is 27.8 Å². The van der Waals surface area contributed by atoms with Gasteiger partial charge in [0.1, 0.15) is 12.4 Å². The molecule has 0 bridgehead atoms. The molecule has 0 spiro atoms. The lowest BCUT2D eigenvalue weighted by Gasteiger charge is -2.33. The molecular formula is C20H22N6O2. The lowest BCUT2D eigenvalue weighted by molar-refractivity contribution is -0.118. The number of nitrogens with zero attached hydrogens (tertiary/aromatic N) is 5. The molecule has 1 fully saturated rings. The number of imidazole rings is 1. The van der Waals surface area contributed by atoms with Crippen molar-refractivity contribution in [1.29, 1.82) is 0 Å². The number of likely N-dealkylation sites (tertiary alicyclic amines) is 1. The van der Waals surface area contributed by atoms with E-state index < -0.39 is 5.91 Å². The number of hydrogen-bond donors (Lipinski definition) is 1. The highest BCUT2D eigenvalue weighted by Crippen LogP contribution is 2.27. The summed E-state index contributed by atoms with van der Waals surface area (Å²) in [4.78, 5) is 30.9. The Labute approximate surface area is 162 Å². The van der Waals surface area contributed by atoms with Gasteiger partial charge in [0.2, 0.25) is 5.91 Å². The van der Waals surface area contributed by atoms with E-state index in [2.05, 4.69) is 10.1 Å². The molecule has 1 aromatic carbocycles. The molecule has 1 aliphatic rings. The molecule has 0 saturated carbocycles. The average Bonchev–Trinajstić information content (AvgIpc) is 3.39. The second kappa shape index (κ2) is 7.67. The minimum absolute atomic E-state index is 0.0243. The van der Waals surface area contributed by atoms with Crippen molar-refractivity contribution < 1.29 is 9.59 Å². The van der Waals surface area contributed by atoms with Crippen LogP contribution in [-0.2, 0) is 11.3 Å². The first kappa shape index (κ1) is 18.0. The van der Waals surface area contributed by atoms with E-state index in [0.717, 1.165) is 24.4 Å².